The van der Waals surface area contributed by atoms with Gasteiger partial charge in [-0.05, 0) is 30.3 Å². The largest absolute Gasteiger partial charge is 0.493 e. The summed E-state index contributed by atoms with van der Waals surface area (Å²) in [4.78, 5) is 15.8. The normalized spacial score (nSPS) is 10.5. The molecule has 0 atom stereocenters. The predicted molar refractivity (Wildman–Crippen MR) is 89.1 cm³/mol. The molecule has 0 amide bonds. The molecule has 0 spiro atoms. The smallest absolute Gasteiger partial charge is 0.343 e. The third-order valence-electron chi connectivity index (χ3n) is 3.28. The number of aromatic nitrogens is 1. The lowest BCUT2D eigenvalue weighted by Crippen LogP contribution is -2.12. The van der Waals surface area contributed by atoms with Crippen LogP contribution in [0.4, 0.5) is 0 Å². The molecule has 2 aromatic carbocycles. The van der Waals surface area contributed by atoms with E-state index in [4.69, 9.17) is 9.47 Å². The van der Waals surface area contributed by atoms with Gasteiger partial charge in [0.15, 0.2) is 18.1 Å². The minimum absolute atomic E-state index is 0.159. The van der Waals surface area contributed by atoms with E-state index < -0.39 is 5.97 Å². The summed E-state index contributed by atoms with van der Waals surface area (Å²) in [5, 5.41) is 0.906. The Bertz CT molecular complexity index is 810. The van der Waals surface area contributed by atoms with Gasteiger partial charge in [-0.25, -0.2) is 9.78 Å². The van der Waals surface area contributed by atoms with Crippen molar-refractivity contribution >= 4 is 27.5 Å². The van der Waals surface area contributed by atoms with Crippen molar-refractivity contribution in [3.8, 4) is 22.1 Å². The molecule has 0 bridgehead atoms. The maximum Gasteiger partial charge on any atom is 0.343 e. The number of para-hydroxylation sites is 1. The Labute approximate surface area is 137 Å². The van der Waals surface area contributed by atoms with Gasteiger partial charge in [0.25, 0.3) is 0 Å². The number of methoxy groups -OCH3 is 2. The predicted octanol–water partition coefficient (Wildman–Crippen LogP) is 3.52. The van der Waals surface area contributed by atoms with Gasteiger partial charge in [0.2, 0.25) is 0 Å². The van der Waals surface area contributed by atoms with Crippen molar-refractivity contribution in [1.82, 2.24) is 4.98 Å². The van der Waals surface area contributed by atoms with Crippen molar-refractivity contribution in [3.63, 3.8) is 0 Å². The van der Waals surface area contributed by atoms with Crippen molar-refractivity contribution in [2.45, 2.75) is 0 Å². The number of nitrogens with zero attached hydrogens (tertiary/aromatic N) is 1. The molecule has 6 heteroatoms. The van der Waals surface area contributed by atoms with E-state index >= 15 is 0 Å². The van der Waals surface area contributed by atoms with Gasteiger partial charge in [0.1, 0.15) is 5.01 Å². The number of carbonyl (C=O) groups excluding carboxylic acids is 1. The van der Waals surface area contributed by atoms with E-state index in [1.807, 2.05) is 36.4 Å². The van der Waals surface area contributed by atoms with E-state index in [0.29, 0.717) is 11.5 Å². The average molecular weight is 329 g/mol. The molecule has 3 rings (SSSR count). The molecule has 23 heavy (non-hydrogen) atoms. The number of hydrogen-bond acceptors (Lipinski definition) is 6. The fraction of sp³-hybridized carbons (Fsp3) is 0.176. The van der Waals surface area contributed by atoms with E-state index in [-0.39, 0.29) is 6.61 Å². The zero-order valence-electron chi connectivity index (χ0n) is 12.7. The summed E-state index contributed by atoms with van der Waals surface area (Å²) in [6.45, 7) is -0.159. The summed E-state index contributed by atoms with van der Waals surface area (Å²) in [6, 6.07) is 13.5. The zero-order valence-corrected chi connectivity index (χ0v) is 13.6. The highest BCUT2D eigenvalue weighted by atomic mass is 32.1. The second-order valence-electron chi connectivity index (χ2n) is 4.72. The molecule has 0 radical (unpaired) electrons. The second-order valence-corrected chi connectivity index (χ2v) is 5.75. The summed E-state index contributed by atoms with van der Waals surface area (Å²) in [7, 11) is 2.88. The highest BCUT2D eigenvalue weighted by molar-refractivity contribution is 7.21. The highest BCUT2D eigenvalue weighted by Gasteiger charge is 2.12. The van der Waals surface area contributed by atoms with Crippen LogP contribution in [0, 0.1) is 0 Å². The number of fused-ring (bicyclic) bond motifs is 1. The van der Waals surface area contributed by atoms with Gasteiger partial charge in [-0.15, -0.1) is 11.3 Å². The summed E-state index contributed by atoms with van der Waals surface area (Å²) in [5.74, 6) is 0.593. The van der Waals surface area contributed by atoms with Crippen LogP contribution in [-0.2, 0) is 9.53 Å². The van der Waals surface area contributed by atoms with Crippen molar-refractivity contribution < 1.29 is 19.0 Å². The summed E-state index contributed by atoms with van der Waals surface area (Å²) >= 11 is 1.62. The Morgan fingerprint density at radius 3 is 2.70 bits per heavy atom. The van der Waals surface area contributed by atoms with Crippen LogP contribution < -0.4 is 9.47 Å². The molecule has 0 saturated heterocycles. The van der Waals surface area contributed by atoms with Crippen molar-refractivity contribution in [2.75, 3.05) is 20.8 Å². The van der Waals surface area contributed by atoms with Gasteiger partial charge in [-0.2, -0.15) is 0 Å². The molecule has 0 aliphatic carbocycles. The van der Waals surface area contributed by atoms with Crippen LogP contribution in [-0.4, -0.2) is 31.8 Å². The van der Waals surface area contributed by atoms with Crippen molar-refractivity contribution in [1.29, 1.82) is 0 Å². The fourth-order valence-corrected chi connectivity index (χ4v) is 3.07. The first kappa shape index (κ1) is 15.3. The molecule has 0 aliphatic rings. The molecule has 0 fully saturated rings. The summed E-state index contributed by atoms with van der Waals surface area (Å²) in [6.07, 6.45) is 0. The number of esters is 1. The van der Waals surface area contributed by atoms with Crippen molar-refractivity contribution in [3.05, 3.63) is 42.5 Å². The highest BCUT2D eigenvalue weighted by Crippen LogP contribution is 2.35. The quantitative estimate of drug-likeness (QED) is 0.670. The molecular formula is C17H15NO4S. The van der Waals surface area contributed by atoms with Crippen LogP contribution in [0.25, 0.3) is 20.8 Å². The maximum absolute atomic E-state index is 11.2. The monoisotopic (exact) mass is 329 g/mol. The topological polar surface area (TPSA) is 57.7 Å². The molecular weight excluding hydrogens is 314 g/mol. The van der Waals surface area contributed by atoms with Crippen LogP contribution in [0.1, 0.15) is 0 Å². The molecule has 0 unspecified atom stereocenters. The van der Waals surface area contributed by atoms with Crippen LogP contribution in [0.5, 0.6) is 11.5 Å². The third-order valence-corrected chi connectivity index (χ3v) is 4.36. The molecule has 0 N–H and O–H groups in total. The zero-order chi connectivity index (χ0) is 16.2. The first-order valence-electron chi connectivity index (χ1n) is 6.95. The van der Waals surface area contributed by atoms with Crippen LogP contribution in [0.2, 0.25) is 0 Å². The lowest BCUT2D eigenvalue weighted by molar-refractivity contribution is -0.142. The van der Waals surface area contributed by atoms with E-state index in [1.165, 1.54) is 7.11 Å². The number of ether oxygens (including phenoxy) is 3. The Morgan fingerprint density at radius 2 is 1.96 bits per heavy atom. The van der Waals surface area contributed by atoms with E-state index in [0.717, 1.165) is 20.8 Å². The molecule has 5 nitrogen and oxygen atoms in total. The first-order chi connectivity index (χ1) is 11.2. The van der Waals surface area contributed by atoms with Gasteiger partial charge >= 0.3 is 5.97 Å². The number of thiazole rings is 1. The number of carbonyl (C=O) groups is 1. The SMILES string of the molecule is COC(=O)COc1ccc(-c2nc3ccccc3s2)cc1OC. The van der Waals surface area contributed by atoms with Gasteiger partial charge in [-0.3, -0.25) is 0 Å². The van der Waals surface area contributed by atoms with Gasteiger partial charge in [0.05, 0.1) is 24.4 Å². The van der Waals surface area contributed by atoms with Gasteiger partial charge < -0.3 is 14.2 Å². The standard InChI is InChI=1S/C17H15NO4S/c1-20-14-9-11(7-8-13(14)22-10-16(19)21-2)17-18-12-5-3-4-6-15(12)23-17/h3-9H,10H2,1-2H3. The lowest BCUT2D eigenvalue weighted by Gasteiger charge is -2.10. The van der Waals surface area contributed by atoms with E-state index in [2.05, 4.69) is 9.72 Å². The summed E-state index contributed by atoms with van der Waals surface area (Å²) < 4.78 is 16.5. The molecule has 3 aromatic rings. The second kappa shape index (κ2) is 6.66. The Kier molecular flexibility index (Phi) is 4.43. The number of benzene rings is 2. The van der Waals surface area contributed by atoms with Gasteiger partial charge in [0, 0.05) is 5.56 Å². The fourth-order valence-electron chi connectivity index (χ4n) is 2.11. The van der Waals surface area contributed by atoms with Crippen LogP contribution in [0.3, 0.4) is 0 Å². The number of hydrogen-bond donors (Lipinski definition) is 0. The average Bonchev–Trinajstić information content (AvgIpc) is 3.03. The first-order valence-corrected chi connectivity index (χ1v) is 7.76. The molecule has 0 saturated carbocycles. The lowest BCUT2D eigenvalue weighted by atomic mass is 10.2. The Morgan fingerprint density at radius 1 is 1.13 bits per heavy atom. The van der Waals surface area contributed by atoms with Crippen LogP contribution >= 0.6 is 11.3 Å². The van der Waals surface area contributed by atoms with E-state index in [9.17, 15) is 4.79 Å². The number of rotatable bonds is 5. The third kappa shape index (κ3) is 3.27. The molecule has 1 aromatic heterocycles. The minimum atomic E-state index is -0.442. The van der Waals surface area contributed by atoms with Crippen LogP contribution in [0.15, 0.2) is 42.5 Å². The van der Waals surface area contributed by atoms with Crippen molar-refractivity contribution in [2.24, 2.45) is 0 Å². The maximum atomic E-state index is 11.2. The summed E-state index contributed by atoms with van der Waals surface area (Å²) in [5.41, 5.74) is 1.91. The molecule has 0 aliphatic heterocycles. The Balaban J connectivity index is 1.90. The van der Waals surface area contributed by atoms with E-state index in [1.54, 1.807) is 24.5 Å². The molecule has 118 valence electrons. The molecule has 1 heterocycles. The minimum Gasteiger partial charge on any atom is -0.493 e. The Hall–Kier alpha value is -2.60. The van der Waals surface area contributed by atoms with Gasteiger partial charge in [-0.1, -0.05) is 12.1 Å².